The normalized spacial score (nSPS) is 11.0. The molecule has 0 unspecified atom stereocenters. The topological polar surface area (TPSA) is 86.4 Å². The van der Waals surface area contributed by atoms with Crippen molar-refractivity contribution in [2.75, 3.05) is 19.7 Å². The van der Waals surface area contributed by atoms with Gasteiger partial charge in [0.2, 0.25) is 0 Å². The number of ether oxygens (including phenoxy) is 1. The van der Waals surface area contributed by atoms with Gasteiger partial charge in [-0.2, -0.15) is 0 Å². The molecule has 3 aromatic carbocycles. The highest BCUT2D eigenvalue weighted by molar-refractivity contribution is 5.95. The summed E-state index contributed by atoms with van der Waals surface area (Å²) in [4.78, 5) is 15.9. The summed E-state index contributed by atoms with van der Waals surface area (Å²) in [6.07, 6.45) is 2.80. The zero-order chi connectivity index (χ0) is 22.9. The molecular formula is C27H29N3O3. The molecule has 6 nitrogen and oxygen atoms in total. The zero-order valence-electron chi connectivity index (χ0n) is 18.5. The maximum absolute atomic E-state index is 12.7. The fourth-order valence-corrected chi connectivity index (χ4v) is 3.81. The molecule has 170 valence electrons. The smallest absolute Gasteiger partial charge is 0.251 e. The number of carbonyl (C=O) groups excluding carboxylic acids is 1. The van der Waals surface area contributed by atoms with Crippen LogP contribution >= 0.6 is 0 Å². The Morgan fingerprint density at radius 3 is 2.64 bits per heavy atom. The molecule has 0 aliphatic carbocycles. The molecular weight excluding hydrogens is 414 g/mol. The lowest BCUT2D eigenvalue weighted by Gasteiger charge is -2.11. The summed E-state index contributed by atoms with van der Waals surface area (Å²) in [7, 11) is 0. The van der Waals surface area contributed by atoms with Crippen LogP contribution in [0.5, 0.6) is 5.75 Å². The predicted molar refractivity (Wildman–Crippen MR) is 130 cm³/mol. The molecule has 4 aromatic rings. The van der Waals surface area contributed by atoms with E-state index < -0.39 is 0 Å². The van der Waals surface area contributed by atoms with Gasteiger partial charge in [-0.15, -0.1) is 0 Å². The first kappa shape index (κ1) is 22.6. The summed E-state index contributed by atoms with van der Waals surface area (Å²) in [6, 6.07) is 23.0. The molecule has 0 radical (unpaired) electrons. The highest BCUT2D eigenvalue weighted by Gasteiger charge is 2.10. The first-order valence-corrected chi connectivity index (χ1v) is 11.2. The van der Waals surface area contributed by atoms with Crippen molar-refractivity contribution >= 4 is 16.8 Å². The molecule has 0 saturated carbocycles. The Balaban J connectivity index is 1.23. The Labute approximate surface area is 193 Å². The SMILES string of the molecule is O=C(NCCOCc1ccccc1)c1ccccc1CNCCc1c[nH]c2ccc(O)cc12. The van der Waals surface area contributed by atoms with Crippen molar-refractivity contribution < 1.29 is 14.6 Å². The fourth-order valence-electron chi connectivity index (χ4n) is 3.81. The van der Waals surface area contributed by atoms with Gasteiger partial charge in [-0.3, -0.25) is 4.79 Å². The summed E-state index contributed by atoms with van der Waals surface area (Å²) in [6.45, 7) is 2.81. The van der Waals surface area contributed by atoms with E-state index in [1.54, 1.807) is 12.1 Å². The van der Waals surface area contributed by atoms with Gasteiger partial charge in [0, 0.05) is 35.8 Å². The number of aromatic amines is 1. The molecule has 4 N–H and O–H groups in total. The lowest BCUT2D eigenvalue weighted by Crippen LogP contribution is -2.29. The molecule has 33 heavy (non-hydrogen) atoms. The first-order valence-electron chi connectivity index (χ1n) is 11.2. The largest absolute Gasteiger partial charge is 0.508 e. The predicted octanol–water partition coefficient (Wildman–Crippen LogP) is 4.15. The summed E-state index contributed by atoms with van der Waals surface area (Å²) >= 11 is 0. The number of fused-ring (bicyclic) bond motifs is 1. The molecule has 0 atom stereocenters. The van der Waals surface area contributed by atoms with Gasteiger partial charge in [0.1, 0.15) is 5.75 Å². The Kier molecular flexibility index (Phi) is 7.74. The summed E-state index contributed by atoms with van der Waals surface area (Å²) in [5, 5.41) is 17.2. The molecule has 0 spiro atoms. The van der Waals surface area contributed by atoms with Crippen LogP contribution in [0, 0.1) is 0 Å². The van der Waals surface area contributed by atoms with E-state index in [0.29, 0.717) is 31.9 Å². The van der Waals surface area contributed by atoms with Crippen molar-refractivity contribution in [1.82, 2.24) is 15.6 Å². The minimum atomic E-state index is -0.0946. The van der Waals surface area contributed by atoms with Crippen LogP contribution < -0.4 is 10.6 Å². The average Bonchev–Trinajstić information content (AvgIpc) is 3.24. The second-order valence-corrected chi connectivity index (χ2v) is 7.92. The van der Waals surface area contributed by atoms with Gasteiger partial charge >= 0.3 is 0 Å². The van der Waals surface area contributed by atoms with Gasteiger partial charge in [0.05, 0.1) is 13.2 Å². The van der Waals surface area contributed by atoms with Crippen LogP contribution in [0.15, 0.2) is 79.0 Å². The maximum atomic E-state index is 12.7. The number of H-pyrrole nitrogens is 1. The van der Waals surface area contributed by atoms with Gasteiger partial charge in [0.25, 0.3) is 5.91 Å². The zero-order valence-corrected chi connectivity index (χ0v) is 18.5. The Morgan fingerprint density at radius 1 is 0.939 bits per heavy atom. The van der Waals surface area contributed by atoms with E-state index in [1.807, 2.05) is 66.9 Å². The van der Waals surface area contributed by atoms with Gasteiger partial charge < -0.3 is 25.5 Å². The van der Waals surface area contributed by atoms with Crippen molar-refractivity contribution in [3.05, 3.63) is 101 Å². The number of aromatic hydroxyl groups is 1. The number of carbonyl (C=O) groups is 1. The number of phenols is 1. The molecule has 6 heteroatoms. The van der Waals surface area contributed by atoms with E-state index >= 15 is 0 Å². The highest BCUT2D eigenvalue weighted by Crippen LogP contribution is 2.23. The number of hydrogen-bond donors (Lipinski definition) is 4. The van der Waals surface area contributed by atoms with Crippen molar-refractivity contribution in [2.45, 2.75) is 19.6 Å². The molecule has 0 aliphatic rings. The van der Waals surface area contributed by atoms with E-state index in [-0.39, 0.29) is 11.7 Å². The second-order valence-electron chi connectivity index (χ2n) is 7.92. The van der Waals surface area contributed by atoms with E-state index in [9.17, 15) is 9.90 Å². The van der Waals surface area contributed by atoms with Gasteiger partial charge in [-0.1, -0.05) is 48.5 Å². The lowest BCUT2D eigenvalue weighted by molar-refractivity contribution is 0.0900. The summed E-state index contributed by atoms with van der Waals surface area (Å²) in [5.74, 6) is 0.171. The molecule has 1 amide bonds. The van der Waals surface area contributed by atoms with Gasteiger partial charge in [0.15, 0.2) is 0 Å². The Bertz CT molecular complexity index is 1190. The second kappa shape index (κ2) is 11.3. The third-order valence-corrected chi connectivity index (χ3v) is 5.54. The van der Waals surface area contributed by atoms with Crippen LogP contribution in [0.25, 0.3) is 10.9 Å². The van der Waals surface area contributed by atoms with E-state index in [2.05, 4.69) is 15.6 Å². The third-order valence-electron chi connectivity index (χ3n) is 5.54. The van der Waals surface area contributed by atoms with Crippen molar-refractivity contribution in [3.63, 3.8) is 0 Å². The molecule has 1 aromatic heterocycles. The number of amides is 1. The standard InChI is InChI=1S/C27H29N3O3/c31-23-10-11-26-25(16-23)22(18-30-26)12-13-28-17-21-8-4-5-9-24(21)27(32)29-14-15-33-19-20-6-2-1-3-7-20/h1-11,16,18,28,30-31H,12-15,17,19H2,(H,29,32). The Morgan fingerprint density at radius 2 is 1.76 bits per heavy atom. The number of aromatic nitrogens is 1. The van der Waals surface area contributed by atoms with Crippen LogP contribution in [0.1, 0.15) is 27.0 Å². The number of hydrogen-bond acceptors (Lipinski definition) is 4. The fraction of sp³-hybridized carbons (Fsp3) is 0.222. The molecule has 0 fully saturated rings. The number of nitrogens with one attached hydrogen (secondary N) is 3. The van der Waals surface area contributed by atoms with Crippen molar-refractivity contribution in [1.29, 1.82) is 0 Å². The maximum Gasteiger partial charge on any atom is 0.251 e. The Hall–Kier alpha value is -3.61. The number of benzene rings is 3. The van der Waals surface area contributed by atoms with Crippen LogP contribution in [0.2, 0.25) is 0 Å². The van der Waals surface area contributed by atoms with Gasteiger partial charge in [-0.25, -0.2) is 0 Å². The molecule has 1 heterocycles. The highest BCUT2D eigenvalue weighted by atomic mass is 16.5. The average molecular weight is 444 g/mol. The minimum absolute atomic E-state index is 0.0946. The minimum Gasteiger partial charge on any atom is -0.508 e. The van der Waals surface area contributed by atoms with Crippen LogP contribution in [0.4, 0.5) is 0 Å². The van der Waals surface area contributed by atoms with E-state index in [1.165, 1.54) is 0 Å². The summed E-state index contributed by atoms with van der Waals surface area (Å²) in [5.41, 5.74) is 4.90. The number of rotatable bonds is 11. The monoisotopic (exact) mass is 443 g/mol. The summed E-state index contributed by atoms with van der Waals surface area (Å²) < 4.78 is 5.64. The van der Waals surface area contributed by atoms with Crippen molar-refractivity contribution in [3.8, 4) is 5.75 Å². The van der Waals surface area contributed by atoms with E-state index in [0.717, 1.165) is 40.6 Å². The molecule has 0 saturated heterocycles. The first-order chi connectivity index (χ1) is 16.2. The van der Waals surface area contributed by atoms with Crippen LogP contribution in [-0.4, -0.2) is 35.7 Å². The quantitative estimate of drug-likeness (QED) is 0.262. The van der Waals surface area contributed by atoms with Crippen LogP contribution in [-0.2, 0) is 24.3 Å². The van der Waals surface area contributed by atoms with Crippen LogP contribution in [0.3, 0.4) is 0 Å². The molecule has 0 aliphatic heterocycles. The lowest BCUT2D eigenvalue weighted by atomic mass is 10.1. The third kappa shape index (κ3) is 6.22. The number of phenolic OH excluding ortho intramolecular Hbond substituents is 1. The molecule has 4 rings (SSSR count). The van der Waals surface area contributed by atoms with E-state index in [4.69, 9.17) is 4.74 Å². The van der Waals surface area contributed by atoms with Gasteiger partial charge in [-0.05, 0) is 53.9 Å². The van der Waals surface area contributed by atoms with Crippen molar-refractivity contribution in [2.24, 2.45) is 0 Å². The molecule has 0 bridgehead atoms.